The maximum Gasteiger partial charge on any atom is 0.437 e. The maximum atomic E-state index is 12.2. The highest BCUT2D eigenvalue weighted by Crippen LogP contribution is 2.33. The van der Waals surface area contributed by atoms with Gasteiger partial charge in [-0.3, -0.25) is 0 Å². The molecule has 1 radical (unpaired) electrons. The zero-order valence-corrected chi connectivity index (χ0v) is 6.22. The van der Waals surface area contributed by atoms with Crippen molar-refractivity contribution < 1.29 is 17.7 Å². The molecule has 0 saturated carbocycles. The van der Waals surface area contributed by atoms with Crippen LogP contribution < -0.4 is 0 Å². The van der Waals surface area contributed by atoms with E-state index < -0.39 is 11.9 Å². The normalized spacial score (nSPS) is 12.2. The van der Waals surface area contributed by atoms with E-state index in [-0.39, 0.29) is 11.0 Å². The zero-order valence-electron chi connectivity index (χ0n) is 6.22. The highest BCUT2D eigenvalue weighted by Gasteiger charge is 2.36. The van der Waals surface area contributed by atoms with Gasteiger partial charge in [-0.15, -0.1) is 0 Å². The van der Waals surface area contributed by atoms with Gasteiger partial charge in [-0.25, -0.2) is 0 Å². The highest BCUT2D eigenvalue weighted by atomic mass is 19.4. The minimum atomic E-state index is -4.47. The molecule has 0 bridgehead atoms. The van der Waals surface area contributed by atoms with E-state index in [4.69, 9.17) is 0 Å². The van der Waals surface area contributed by atoms with Gasteiger partial charge in [0, 0.05) is 0 Å². The molecule has 0 N–H and O–H groups in total. The predicted octanol–water partition coefficient (Wildman–Crippen LogP) is 2.65. The van der Waals surface area contributed by atoms with Crippen molar-refractivity contribution in [1.82, 2.24) is 5.16 Å². The van der Waals surface area contributed by atoms with E-state index in [1.165, 1.54) is 18.2 Å². The van der Waals surface area contributed by atoms with Crippen molar-refractivity contribution in [3.8, 4) is 0 Å². The third kappa shape index (κ3) is 1.26. The Morgan fingerprint density at radius 3 is 2.85 bits per heavy atom. The van der Waals surface area contributed by atoms with Crippen LogP contribution in [-0.4, -0.2) is 5.16 Å². The van der Waals surface area contributed by atoms with Crippen LogP contribution in [0.2, 0.25) is 0 Å². The molecule has 0 amide bonds. The second-order valence-corrected chi connectivity index (χ2v) is 2.45. The lowest BCUT2D eigenvalue weighted by atomic mass is 10.2. The summed E-state index contributed by atoms with van der Waals surface area (Å²) in [6.07, 6.45) is -4.47. The monoisotopic (exact) mass is 186 g/mol. The van der Waals surface area contributed by atoms with Gasteiger partial charge in [0.05, 0.1) is 5.39 Å². The van der Waals surface area contributed by atoms with E-state index in [0.29, 0.717) is 0 Å². The van der Waals surface area contributed by atoms with E-state index in [1.54, 1.807) is 0 Å². The number of hydrogen-bond acceptors (Lipinski definition) is 2. The molecule has 2 rings (SSSR count). The Labute approximate surface area is 70.9 Å². The number of fused-ring (bicyclic) bond motifs is 1. The van der Waals surface area contributed by atoms with Crippen LogP contribution in [-0.2, 0) is 6.18 Å². The van der Waals surface area contributed by atoms with E-state index in [9.17, 15) is 13.2 Å². The van der Waals surface area contributed by atoms with Crippen molar-refractivity contribution in [3.63, 3.8) is 0 Å². The lowest BCUT2D eigenvalue weighted by Crippen LogP contribution is -2.05. The quantitative estimate of drug-likeness (QED) is 0.632. The fourth-order valence-corrected chi connectivity index (χ4v) is 1.03. The molecule has 1 aromatic carbocycles. The SMILES string of the molecule is FC(F)(F)c1noc2c[c]ccc12. The summed E-state index contributed by atoms with van der Waals surface area (Å²) in [4.78, 5) is 0. The first-order valence-electron chi connectivity index (χ1n) is 3.42. The molecule has 0 aliphatic rings. The third-order valence-corrected chi connectivity index (χ3v) is 1.59. The molecular weight excluding hydrogens is 183 g/mol. The summed E-state index contributed by atoms with van der Waals surface area (Å²) in [6, 6.07) is 6.57. The number of alkyl halides is 3. The summed E-state index contributed by atoms with van der Waals surface area (Å²) in [5, 5.41) is 2.91. The smallest absolute Gasteiger partial charge is 0.356 e. The fraction of sp³-hybridized carbons (Fsp3) is 0.125. The molecule has 2 nitrogen and oxygen atoms in total. The molecular formula is C8H3F3NO. The number of rotatable bonds is 0. The largest absolute Gasteiger partial charge is 0.437 e. The Hall–Kier alpha value is -1.52. The number of halogens is 3. The van der Waals surface area contributed by atoms with Crippen molar-refractivity contribution >= 4 is 11.0 Å². The Morgan fingerprint density at radius 2 is 2.15 bits per heavy atom. The second-order valence-electron chi connectivity index (χ2n) is 2.45. The lowest BCUT2D eigenvalue weighted by molar-refractivity contribution is -0.141. The molecule has 1 heterocycles. The Bertz CT molecular complexity index is 432. The lowest BCUT2D eigenvalue weighted by Gasteiger charge is -1.99. The summed E-state index contributed by atoms with van der Waals surface area (Å²) >= 11 is 0. The van der Waals surface area contributed by atoms with Gasteiger partial charge < -0.3 is 4.52 Å². The summed E-state index contributed by atoms with van der Waals surface area (Å²) in [5.74, 6) is 0. The van der Waals surface area contributed by atoms with Crippen LogP contribution in [0.5, 0.6) is 0 Å². The molecule has 0 atom stereocenters. The first kappa shape index (κ1) is 8.10. The van der Waals surface area contributed by atoms with Crippen LogP contribution in [0.3, 0.4) is 0 Å². The number of aromatic nitrogens is 1. The summed E-state index contributed by atoms with van der Waals surface area (Å²) in [7, 11) is 0. The van der Waals surface area contributed by atoms with Gasteiger partial charge in [-0.1, -0.05) is 11.2 Å². The van der Waals surface area contributed by atoms with E-state index in [0.717, 1.165) is 0 Å². The summed E-state index contributed by atoms with van der Waals surface area (Å²) in [6.45, 7) is 0. The number of hydrogen-bond donors (Lipinski definition) is 0. The number of benzene rings is 1. The van der Waals surface area contributed by atoms with Crippen LogP contribution in [0.4, 0.5) is 13.2 Å². The van der Waals surface area contributed by atoms with Crippen molar-refractivity contribution in [2.45, 2.75) is 6.18 Å². The second kappa shape index (κ2) is 2.48. The predicted molar refractivity (Wildman–Crippen MR) is 37.8 cm³/mol. The first-order valence-corrected chi connectivity index (χ1v) is 3.42. The minimum absolute atomic E-state index is 0.0359. The van der Waals surface area contributed by atoms with Crippen LogP contribution in [0.25, 0.3) is 11.0 Å². The molecule has 2 aromatic rings. The van der Waals surface area contributed by atoms with Gasteiger partial charge in [0.15, 0.2) is 11.3 Å². The Morgan fingerprint density at radius 1 is 1.38 bits per heavy atom. The van der Waals surface area contributed by atoms with Gasteiger partial charge in [0.2, 0.25) is 0 Å². The van der Waals surface area contributed by atoms with Gasteiger partial charge in [-0.05, 0) is 18.2 Å². The molecule has 0 spiro atoms. The molecule has 0 saturated heterocycles. The highest BCUT2D eigenvalue weighted by molar-refractivity contribution is 5.79. The molecule has 13 heavy (non-hydrogen) atoms. The summed E-state index contributed by atoms with van der Waals surface area (Å²) < 4.78 is 41.1. The van der Waals surface area contributed by atoms with E-state index in [2.05, 4.69) is 15.7 Å². The average Bonchev–Trinajstić information content (AvgIpc) is 2.45. The molecule has 0 aliphatic carbocycles. The van der Waals surface area contributed by atoms with Gasteiger partial charge in [0.25, 0.3) is 0 Å². The van der Waals surface area contributed by atoms with Crippen molar-refractivity contribution in [2.75, 3.05) is 0 Å². The van der Waals surface area contributed by atoms with E-state index >= 15 is 0 Å². The zero-order chi connectivity index (χ0) is 9.47. The minimum Gasteiger partial charge on any atom is -0.356 e. The van der Waals surface area contributed by atoms with E-state index in [1.807, 2.05) is 0 Å². The Kier molecular flexibility index (Phi) is 1.55. The molecule has 1 aromatic heterocycles. The Balaban J connectivity index is 2.72. The van der Waals surface area contributed by atoms with Crippen LogP contribution in [0.1, 0.15) is 5.69 Å². The summed E-state index contributed by atoms with van der Waals surface area (Å²) in [5.41, 5.74) is -0.897. The molecule has 0 aliphatic heterocycles. The molecule has 0 unspecified atom stereocenters. The van der Waals surface area contributed by atoms with Gasteiger partial charge in [-0.2, -0.15) is 13.2 Å². The van der Waals surface area contributed by atoms with Crippen LogP contribution in [0, 0.1) is 6.07 Å². The van der Waals surface area contributed by atoms with Gasteiger partial charge >= 0.3 is 6.18 Å². The fourth-order valence-electron chi connectivity index (χ4n) is 1.03. The topological polar surface area (TPSA) is 26.0 Å². The standard InChI is InChI=1S/C8H3F3NO/c9-8(10,11)7-5-3-1-2-4-6(5)13-12-7/h1,3-4H. The first-order chi connectivity index (χ1) is 6.09. The average molecular weight is 186 g/mol. The van der Waals surface area contributed by atoms with Crippen molar-refractivity contribution in [3.05, 3.63) is 30.0 Å². The maximum absolute atomic E-state index is 12.2. The molecule has 67 valence electrons. The van der Waals surface area contributed by atoms with Gasteiger partial charge in [0.1, 0.15) is 0 Å². The molecule has 5 heteroatoms. The van der Waals surface area contributed by atoms with Crippen LogP contribution >= 0.6 is 0 Å². The van der Waals surface area contributed by atoms with Crippen LogP contribution in [0.15, 0.2) is 22.7 Å². The van der Waals surface area contributed by atoms with Crippen molar-refractivity contribution in [1.29, 1.82) is 0 Å². The molecule has 0 fully saturated rings. The number of nitrogens with zero attached hydrogens (tertiary/aromatic N) is 1. The van der Waals surface area contributed by atoms with Crippen molar-refractivity contribution in [2.24, 2.45) is 0 Å². The third-order valence-electron chi connectivity index (χ3n) is 1.59.